The second-order valence-electron chi connectivity index (χ2n) is 2.76. The van der Waals surface area contributed by atoms with E-state index in [1.54, 1.807) is 0 Å². The Morgan fingerprint density at radius 2 is 2.09 bits per heavy atom. The van der Waals surface area contributed by atoms with Gasteiger partial charge in [0.05, 0.1) is 5.71 Å². The molecule has 1 aliphatic heterocycles. The van der Waals surface area contributed by atoms with E-state index in [4.69, 9.17) is 0 Å². The Hall–Kier alpha value is -1.11. The van der Waals surface area contributed by atoms with E-state index in [0.717, 1.165) is 25.1 Å². The van der Waals surface area contributed by atoms with Gasteiger partial charge in [0.25, 0.3) is 0 Å². The molecule has 0 aromatic heterocycles. The van der Waals surface area contributed by atoms with Crippen molar-refractivity contribution in [2.24, 2.45) is 4.99 Å². The maximum Gasteiger partial charge on any atom is 0.0640 e. The Kier molecular flexibility index (Phi) is 1.72. The third kappa shape index (κ3) is 1.32. The lowest BCUT2D eigenvalue weighted by Gasteiger charge is -2.06. The fourth-order valence-corrected chi connectivity index (χ4v) is 1.36. The Morgan fingerprint density at radius 1 is 1.18 bits per heavy atom. The van der Waals surface area contributed by atoms with Crippen LogP contribution >= 0.6 is 0 Å². The summed E-state index contributed by atoms with van der Waals surface area (Å²) in [6.07, 6.45) is 13.0. The van der Waals surface area contributed by atoms with Gasteiger partial charge < -0.3 is 0 Å². The van der Waals surface area contributed by atoms with Crippen molar-refractivity contribution in [3.63, 3.8) is 0 Å². The molecule has 1 nitrogen and oxygen atoms in total. The van der Waals surface area contributed by atoms with E-state index in [1.165, 1.54) is 5.57 Å². The molecule has 0 amide bonds. The molecule has 2 rings (SSSR count). The van der Waals surface area contributed by atoms with E-state index >= 15 is 0 Å². The highest BCUT2D eigenvalue weighted by atomic mass is 14.7. The summed E-state index contributed by atoms with van der Waals surface area (Å²) < 4.78 is 0. The van der Waals surface area contributed by atoms with Crippen LogP contribution in [0.25, 0.3) is 0 Å². The topological polar surface area (TPSA) is 12.4 Å². The Balaban J connectivity index is 2.38. The van der Waals surface area contributed by atoms with Crippen molar-refractivity contribution in [2.75, 3.05) is 6.54 Å². The number of fused-ring (bicyclic) bond motifs is 1. The first-order chi connectivity index (χ1) is 5.47. The van der Waals surface area contributed by atoms with Gasteiger partial charge in [-0.2, -0.15) is 0 Å². The summed E-state index contributed by atoms with van der Waals surface area (Å²) in [5, 5.41) is 0. The van der Waals surface area contributed by atoms with Gasteiger partial charge >= 0.3 is 0 Å². The third-order valence-electron chi connectivity index (χ3n) is 1.92. The minimum atomic E-state index is 0.955. The van der Waals surface area contributed by atoms with Gasteiger partial charge in [0.15, 0.2) is 0 Å². The normalized spacial score (nSPS) is 21.8. The molecule has 0 aromatic carbocycles. The quantitative estimate of drug-likeness (QED) is 0.496. The van der Waals surface area contributed by atoms with Crippen LogP contribution in [0.2, 0.25) is 0 Å². The highest BCUT2D eigenvalue weighted by molar-refractivity contribution is 6.11. The van der Waals surface area contributed by atoms with Gasteiger partial charge in [-0.1, -0.05) is 24.3 Å². The van der Waals surface area contributed by atoms with Crippen LogP contribution in [0.1, 0.15) is 12.8 Å². The lowest BCUT2D eigenvalue weighted by Crippen LogP contribution is -2.02. The smallest absolute Gasteiger partial charge is 0.0640 e. The van der Waals surface area contributed by atoms with Crippen LogP contribution in [0.3, 0.4) is 0 Å². The third-order valence-corrected chi connectivity index (χ3v) is 1.92. The zero-order valence-corrected chi connectivity index (χ0v) is 6.46. The van der Waals surface area contributed by atoms with Gasteiger partial charge in [-0.25, -0.2) is 0 Å². The molecule has 0 radical (unpaired) electrons. The summed E-state index contributed by atoms with van der Waals surface area (Å²) in [5.41, 5.74) is 2.45. The molecule has 0 unspecified atom stereocenters. The van der Waals surface area contributed by atoms with Crippen molar-refractivity contribution in [2.45, 2.75) is 12.8 Å². The predicted octanol–water partition coefficient (Wildman–Crippen LogP) is 2.27. The van der Waals surface area contributed by atoms with Crippen molar-refractivity contribution < 1.29 is 0 Å². The minimum Gasteiger partial charge on any atom is -0.284 e. The lowest BCUT2D eigenvalue weighted by molar-refractivity contribution is 0.988. The molecule has 0 atom stereocenters. The molecule has 11 heavy (non-hydrogen) atoms. The standard InChI is InChI=1S/C10H11N/c1-2-5-9-6-4-8-11-10(9)7-3-1/h2-3,5-7H,1,4,8H2. The number of hydrogen-bond acceptors (Lipinski definition) is 1. The fourth-order valence-electron chi connectivity index (χ4n) is 1.36. The van der Waals surface area contributed by atoms with Gasteiger partial charge in [-0.05, 0) is 24.5 Å². The first-order valence-electron chi connectivity index (χ1n) is 4.05. The van der Waals surface area contributed by atoms with Crippen molar-refractivity contribution in [3.8, 4) is 0 Å². The van der Waals surface area contributed by atoms with Gasteiger partial charge in [-0.15, -0.1) is 0 Å². The number of hydrogen-bond donors (Lipinski definition) is 0. The maximum absolute atomic E-state index is 4.42. The van der Waals surface area contributed by atoms with E-state index in [2.05, 4.69) is 35.4 Å². The molecule has 1 heteroatoms. The average molecular weight is 145 g/mol. The molecule has 1 heterocycles. The summed E-state index contributed by atoms with van der Waals surface area (Å²) in [4.78, 5) is 4.42. The molecule has 56 valence electrons. The summed E-state index contributed by atoms with van der Waals surface area (Å²) >= 11 is 0. The summed E-state index contributed by atoms with van der Waals surface area (Å²) in [6.45, 7) is 0.955. The van der Waals surface area contributed by atoms with Crippen LogP contribution in [-0.2, 0) is 0 Å². The molecular weight excluding hydrogens is 134 g/mol. The number of nitrogens with zero attached hydrogens (tertiary/aromatic N) is 1. The van der Waals surface area contributed by atoms with Crippen LogP contribution in [0.4, 0.5) is 0 Å². The molecule has 0 N–H and O–H groups in total. The van der Waals surface area contributed by atoms with Crippen LogP contribution in [0.15, 0.2) is 40.9 Å². The largest absolute Gasteiger partial charge is 0.284 e. The van der Waals surface area contributed by atoms with Crippen molar-refractivity contribution in [1.82, 2.24) is 0 Å². The predicted molar refractivity (Wildman–Crippen MR) is 47.9 cm³/mol. The van der Waals surface area contributed by atoms with Gasteiger partial charge in [0, 0.05) is 6.54 Å². The first kappa shape index (κ1) is 6.59. The number of allylic oxidation sites excluding steroid dienone is 5. The lowest BCUT2D eigenvalue weighted by atomic mass is 10.1. The molecule has 1 aliphatic carbocycles. The summed E-state index contributed by atoms with van der Waals surface area (Å²) in [5.74, 6) is 0. The fraction of sp³-hybridized carbons (Fsp3) is 0.300. The monoisotopic (exact) mass is 145 g/mol. The van der Waals surface area contributed by atoms with Gasteiger partial charge in [-0.3, -0.25) is 4.99 Å². The van der Waals surface area contributed by atoms with Crippen molar-refractivity contribution >= 4 is 5.71 Å². The van der Waals surface area contributed by atoms with E-state index in [9.17, 15) is 0 Å². The highest BCUT2D eigenvalue weighted by Crippen LogP contribution is 2.13. The molecule has 2 aliphatic rings. The Labute approximate surface area is 66.8 Å². The Bertz CT molecular complexity index is 239. The number of aliphatic imine (C=N–C) groups is 1. The number of dihydropyridines is 1. The molecule has 0 bridgehead atoms. The van der Waals surface area contributed by atoms with E-state index < -0.39 is 0 Å². The zero-order valence-electron chi connectivity index (χ0n) is 6.46. The first-order valence-corrected chi connectivity index (χ1v) is 4.05. The summed E-state index contributed by atoms with van der Waals surface area (Å²) in [6, 6.07) is 0. The van der Waals surface area contributed by atoms with Crippen LogP contribution in [0.5, 0.6) is 0 Å². The van der Waals surface area contributed by atoms with Crippen LogP contribution in [0, 0.1) is 0 Å². The molecule has 0 aromatic rings. The minimum absolute atomic E-state index is 0.955. The second-order valence-corrected chi connectivity index (χ2v) is 2.76. The number of rotatable bonds is 0. The van der Waals surface area contributed by atoms with Crippen molar-refractivity contribution in [3.05, 3.63) is 36.0 Å². The SMILES string of the molecule is C1=CC2=CCCN=C2C=CC1. The molecule has 0 saturated carbocycles. The van der Waals surface area contributed by atoms with Crippen LogP contribution < -0.4 is 0 Å². The zero-order chi connectivity index (χ0) is 7.52. The molecule has 0 spiro atoms. The van der Waals surface area contributed by atoms with Crippen molar-refractivity contribution in [1.29, 1.82) is 0 Å². The van der Waals surface area contributed by atoms with E-state index in [1.807, 2.05) is 0 Å². The van der Waals surface area contributed by atoms with Gasteiger partial charge in [0.2, 0.25) is 0 Å². The second kappa shape index (κ2) is 2.87. The highest BCUT2D eigenvalue weighted by Gasteiger charge is 2.05. The van der Waals surface area contributed by atoms with E-state index in [0.29, 0.717) is 0 Å². The Morgan fingerprint density at radius 3 is 3.09 bits per heavy atom. The maximum atomic E-state index is 4.42. The molecule has 0 saturated heterocycles. The van der Waals surface area contributed by atoms with Gasteiger partial charge in [0.1, 0.15) is 0 Å². The molecular formula is C10H11N. The van der Waals surface area contributed by atoms with E-state index in [-0.39, 0.29) is 0 Å². The summed E-state index contributed by atoms with van der Waals surface area (Å²) in [7, 11) is 0. The molecule has 0 fully saturated rings. The average Bonchev–Trinajstić information content (AvgIpc) is 2.28. The van der Waals surface area contributed by atoms with Crippen LogP contribution in [-0.4, -0.2) is 12.3 Å².